The van der Waals surface area contributed by atoms with Gasteiger partial charge < -0.3 is 19.1 Å². The average molecular weight is 502 g/mol. The molecule has 0 saturated carbocycles. The Kier molecular flexibility index (Phi) is 7.02. The van der Waals surface area contributed by atoms with E-state index in [0.717, 1.165) is 54.7 Å². The highest BCUT2D eigenvalue weighted by Gasteiger charge is 2.28. The number of sulfone groups is 1. The number of hydrogen-bond donors (Lipinski definition) is 0. The SMILES string of the molecule is CN(c1ccc(S(C)(=O)=O)cc1)C1CCN(c2ncnc3c2ccn3COCC[Si](C)(C)C)C1. The largest absolute Gasteiger partial charge is 0.370 e. The van der Waals surface area contributed by atoms with Crippen LogP contribution in [0.2, 0.25) is 25.7 Å². The van der Waals surface area contributed by atoms with Crippen molar-refractivity contribution in [3.8, 4) is 0 Å². The molecule has 184 valence electrons. The van der Waals surface area contributed by atoms with Gasteiger partial charge in [0.2, 0.25) is 0 Å². The van der Waals surface area contributed by atoms with E-state index in [1.165, 1.54) is 6.26 Å². The summed E-state index contributed by atoms with van der Waals surface area (Å²) in [5, 5.41) is 1.04. The highest BCUT2D eigenvalue weighted by molar-refractivity contribution is 7.90. The molecule has 1 saturated heterocycles. The molecule has 0 radical (unpaired) electrons. The molecule has 10 heteroatoms. The second-order valence-electron chi connectivity index (χ2n) is 10.3. The number of ether oxygens (including phenoxy) is 1. The molecule has 1 atom stereocenters. The third kappa shape index (κ3) is 5.61. The average Bonchev–Trinajstić information content (AvgIpc) is 3.42. The summed E-state index contributed by atoms with van der Waals surface area (Å²) in [6, 6.07) is 10.6. The van der Waals surface area contributed by atoms with Crippen molar-refractivity contribution < 1.29 is 13.2 Å². The van der Waals surface area contributed by atoms with Crippen LogP contribution < -0.4 is 9.80 Å². The van der Waals surface area contributed by atoms with Crippen LogP contribution in [0, 0.1) is 0 Å². The van der Waals surface area contributed by atoms with Crippen LogP contribution in [0.4, 0.5) is 11.5 Å². The highest BCUT2D eigenvalue weighted by atomic mass is 32.2. The van der Waals surface area contributed by atoms with Gasteiger partial charge in [-0.1, -0.05) is 19.6 Å². The van der Waals surface area contributed by atoms with E-state index in [4.69, 9.17) is 4.74 Å². The molecule has 0 spiro atoms. The van der Waals surface area contributed by atoms with Crippen molar-refractivity contribution in [3.05, 3.63) is 42.9 Å². The third-order valence-corrected chi connectivity index (χ3v) is 9.28. The van der Waals surface area contributed by atoms with Gasteiger partial charge in [-0.25, -0.2) is 18.4 Å². The zero-order valence-electron chi connectivity index (χ0n) is 20.7. The quantitative estimate of drug-likeness (QED) is 0.325. The van der Waals surface area contributed by atoms with Crippen molar-refractivity contribution >= 4 is 40.4 Å². The summed E-state index contributed by atoms with van der Waals surface area (Å²) in [7, 11) is -2.24. The Balaban J connectivity index is 1.43. The summed E-state index contributed by atoms with van der Waals surface area (Å²) in [6.45, 7) is 10.1. The van der Waals surface area contributed by atoms with E-state index in [9.17, 15) is 8.42 Å². The molecule has 3 aromatic rings. The van der Waals surface area contributed by atoms with Crippen molar-refractivity contribution in [1.29, 1.82) is 0 Å². The first kappa shape index (κ1) is 24.7. The number of fused-ring (bicyclic) bond motifs is 1. The normalized spacial score (nSPS) is 17.0. The molecule has 1 aromatic carbocycles. The lowest BCUT2D eigenvalue weighted by atomic mass is 10.2. The Morgan fingerprint density at radius 2 is 1.88 bits per heavy atom. The van der Waals surface area contributed by atoms with Crippen LogP contribution in [0.5, 0.6) is 0 Å². The van der Waals surface area contributed by atoms with Crippen molar-refractivity contribution in [1.82, 2.24) is 14.5 Å². The van der Waals surface area contributed by atoms with Crippen LogP contribution in [-0.2, 0) is 21.3 Å². The van der Waals surface area contributed by atoms with Gasteiger partial charge in [-0.15, -0.1) is 0 Å². The summed E-state index contributed by atoms with van der Waals surface area (Å²) in [5.74, 6) is 0.953. The van der Waals surface area contributed by atoms with E-state index in [0.29, 0.717) is 17.7 Å². The molecule has 2 aromatic heterocycles. The molecular weight excluding hydrogens is 466 g/mol. The van der Waals surface area contributed by atoms with Crippen LogP contribution in [0.15, 0.2) is 47.8 Å². The lowest BCUT2D eigenvalue weighted by Gasteiger charge is -2.27. The minimum absolute atomic E-state index is 0.307. The second kappa shape index (κ2) is 9.67. The third-order valence-electron chi connectivity index (χ3n) is 6.44. The van der Waals surface area contributed by atoms with Gasteiger partial charge in [0, 0.05) is 59.0 Å². The fourth-order valence-corrected chi connectivity index (χ4v) is 5.66. The van der Waals surface area contributed by atoms with Gasteiger partial charge in [0.25, 0.3) is 0 Å². The van der Waals surface area contributed by atoms with Crippen LogP contribution in [0.3, 0.4) is 0 Å². The predicted octanol–water partition coefficient (Wildman–Crippen LogP) is 3.86. The Bertz CT molecular complexity index is 1240. The fourth-order valence-electron chi connectivity index (χ4n) is 4.28. The van der Waals surface area contributed by atoms with Crippen LogP contribution >= 0.6 is 0 Å². The molecule has 0 amide bonds. The number of aromatic nitrogens is 3. The molecule has 3 heterocycles. The number of benzene rings is 1. The molecular formula is C24H35N5O3SSi. The molecule has 0 bridgehead atoms. The molecule has 1 unspecified atom stereocenters. The van der Waals surface area contributed by atoms with E-state index < -0.39 is 17.9 Å². The van der Waals surface area contributed by atoms with Crippen molar-refractivity contribution in [3.63, 3.8) is 0 Å². The minimum Gasteiger partial charge on any atom is -0.370 e. The molecule has 8 nitrogen and oxygen atoms in total. The topological polar surface area (TPSA) is 80.6 Å². The Labute approximate surface area is 203 Å². The van der Waals surface area contributed by atoms with Gasteiger partial charge >= 0.3 is 0 Å². The number of rotatable bonds is 9. The van der Waals surface area contributed by atoms with E-state index in [-0.39, 0.29) is 0 Å². The number of hydrogen-bond acceptors (Lipinski definition) is 7. The molecule has 0 N–H and O–H groups in total. The van der Waals surface area contributed by atoms with Crippen LogP contribution in [0.1, 0.15) is 6.42 Å². The van der Waals surface area contributed by atoms with E-state index in [1.54, 1.807) is 18.5 Å². The Hall–Kier alpha value is -2.43. The summed E-state index contributed by atoms with van der Waals surface area (Å²) in [4.78, 5) is 14.0. The van der Waals surface area contributed by atoms with E-state index in [1.807, 2.05) is 22.9 Å². The van der Waals surface area contributed by atoms with E-state index >= 15 is 0 Å². The molecule has 1 aliphatic rings. The smallest absolute Gasteiger partial charge is 0.175 e. The van der Waals surface area contributed by atoms with Gasteiger partial charge in [-0.05, 0) is 42.8 Å². The van der Waals surface area contributed by atoms with Crippen molar-refractivity contribution in [2.24, 2.45) is 0 Å². The maximum atomic E-state index is 11.8. The van der Waals surface area contributed by atoms with Gasteiger partial charge in [0.1, 0.15) is 24.5 Å². The van der Waals surface area contributed by atoms with Gasteiger partial charge in [0.05, 0.1) is 10.3 Å². The number of likely N-dealkylation sites (N-methyl/N-ethyl adjacent to an activating group) is 1. The monoisotopic (exact) mass is 501 g/mol. The zero-order valence-corrected chi connectivity index (χ0v) is 22.5. The first-order valence-corrected chi connectivity index (χ1v) is 17.3. The molecule has 0 aliphatic carbocycles. The number of nitrogens with zero attached hydrogens (tertiary/aromatic N) is 5. The standard InChI is InChI=1S/C24H35N5O3SSi/c1-27(19-6-8-21(9-7-19)33(2,30)31)20-10-12-28(16-20)23-22-11-13-29(24(22)26-17-25-23)18-32-14-15-34(3,4)5/h6-9,11,13,17,20H,10,12,14-16,18H2,1-5H3. The Morgan fingerprint density at radius 3 is 2.56 bits per heavy atom. The van der Waals surface area contributed by atoms with Crippen LogP contribution in [-0.4, -0.2) is 70.1 Å². The maximum absolute atomic E-state index is 11.8. The maximum Gasteiger partial charge on any atom is 0.175 e. The van der Waals surface area contributed by atoms with Crippen LogP contribution in [0.25, 0.3) is 11.0 Å². The first-order valence-electron chi connectivity index (χ1n) is 11.7. The molecule has 1 fully saturated rings. The lowest BCUT2D eigenvalue weighted by Crippen LogP contribution is -2.34. The van der Waals surface area contributed by atoms with Crippen molar-refractivity contribution in [2.45, 2.75) is 49.8 Å². The summed E-state index contributed by atoms with van der Waals surface area (Å²) in [5.41, 5.74) is 1.90. The van der Waals surface area contributed by atoms with Gasteiger partial charge in [0.15, 0.2) is 9.84 Å². The highest BCUT2D eigenvalue weighted by Crippen LogP contribution is 2.30. The Morgan fingerprint density at radius 1 is 1.15 bits per heavy atom. The molecule has 1 aliphatic heterocycles. The molecule has 4 rings (SSSR count). The summed E-state index contributed by atoms with van der Waals surface area (Å²) < 4.78 is 31.5. The zero-order chi connectivity index (χ0) is 24.5. The lowest BCUT2D eigenvalue weighted by molar-refractivity contribution is 0.0899. The minimum atomic E-state index is -3.19. The van der Waals surface area contributed by atoms with Gasteiger partial charge in [-0.3, -0.25) is 0 Å². The number of anilines is 2. The fraction of sp³-hybridized carbons (Fsp3) is 0.500. The summed E-state index contributed by atoms with van der Waals surface area (Å²) in [6.07, 6.45) is 5.89. The molecule has 34 heavy (non-hydrogen) atoms. The van der Waals surface area contributed by atoms with Crippen molar-refractivity contribution in [2.75, 3.05) is 42.8 Å². The first-order chi connectivity index (χ1) is 16.0. The second-order valence-corrected chi connectivity index (χ2v) is 18.0. The van der Waals surface area contributed by atoms with Gasteiger partial charge in [-0.2, -0.15) is 0 Å². The van der Waals surface area contributed by atoms with E-state index in [2.05, 4.69) is 52.5 Å². The predicted molar refractivity (Wildman–Crippen MR) is 140 cm³/mol. The summed E-state index contributed by atoms with van der Waals surface area (Å²) >= 11 is 0.